The van der Waals surface area contributed by atoms with Gasteiger partial charge in [-0.3, -0.25) is 39.4 Å². The van der Waals surface area contributed by atoms with Crippen molar-refractivity contribution in [3.8, 4) is 0 Å². The van der Waals surface area contributed by atoms with Gasteiger partial charge in [-0.2, -0.15) is 0 Å². The number of nitrogens with one attached hydrogen (secondary N) is 6. The second-order valence-electron chi connectivity index (χ2n) is 20.2. The summed E-state index contributed by atoms with van der Waals surface area (Å²) in [6.07, 6.45) is 12.6. The van der Waals surface area contributed by atoms with Gasteiger partial charge >= 0.3 is 0 Å². The van der Waals surface area contributed by atoms with Crippen LogP contribution < -0.4 is 31.9 Å². The quantitative estimate of drug-likeness (QED) is 0.0830. The Morgan fingerprint density at radius 2 is 1.60 bits per heavy atom. The van der Waals surface area contributed by atoms with E-state index < -0.39 is 40.3 Å². The molecule has 2 saturated carbocycles. The SMILES string of the molecule is CC1([C@H]2[C@H](C(=O)N[C@H]3CC[C@H](C(=O)NCCOCCOCCOCCNc4cccc5c4CN(C4CCC(=O)NC4=O)C5=O)CC3)NC3(CCCCC3)[C@@]23C(=O)Nc2cc(Cl)ccc23)C=C(F)C=CC1. The van der Waals surface area contributed by atoms with Gasteiger partial charge in [-0.05, 0) is 98.8 Å². The highest BCUT2D eigenvalue weighted by Gasteiger charge is 2.74. The molecular formula is C52H65ClFN7O9. The normalized spacial score (nSPS) is 28.9. The molecule has 6 amide bonds. The molecule has 70 heavy (non-hydrogen) atoms. The molecule has 0 bridgehead atoms. The van der Waals surface area contributed by atoms with E-state index in [1.165, 1.54) is 11.0 Å². The number of halogens is 2. The average Bonchev–Trinajstić information content (AvgIpc) is 3.94. The maximum absolute atomic E-state index is 15.3. The summed E-state index contributed by atoms with van der Waals surface area (Å²) >= 11 is 6.45. The number of amides is 6. The van der Waals surface area contributed by atoms with E-state index in [2.05, 4.69) is 31.9 Å². The summed E-state index contributed by atoms with van der Waals surface area (Å²) in [5, 5.41) is 19.4. The number of anilines is 2. The Labute approximate surface area is 413 Å². The number of allylic oxidation sites excluding steroid dienone is 4. The zero-order valence-electron chi connectivity index (χ0n) is 39.8. The van der Waals surface area contributed by atoms with Crippen LogP contribution in [0.2, 0.25) is 5.02 Å². The van der Waals surface area contributed by atoms with Crippen LogP contribution in [0.5, 0.6) is 0 Å². The van der Waals surface area contributed by atoms with Crippen molar-refractivity contribution < 1.29 is 47.4 Å². The van der Waals surface area contributed by atoms with E-state index in [0.29, 0.717) is 127 Å². The van der Waals surface area contributed by atoms with Gasteiger partial charge in [-0.1, -0.05) is 56.0 Å². The van der Waals surface area contributed by atoms with Gasteiger partial charge in [-0.25, -0.2) is 4.39 Å². The van der Waals surface area contributed by atoms with E-state index in [9.17, 15) is 28.8 Å². The predicted molar refractivity (Wildman–Crippen MR) is 259 cm³/mol. The number of hydrogen-bond donors (Lipinski definition) is 6. The molecule has 9 rings (SSSR count). The summed E-state index contributed by atoms with van der Waals surface area (Å²) in [5.41, 5.74) is 0.908. The summed E-state index contributed by atoms with van der Waals surface area (Å²) in [6, 6.07) is 9.35. The standard InChI is InChI=1S/C52H65ClFN7O9/c1-50(18-6-7-34(54)30-50)44-43(60-51(19-3-2-4-20-51)52(44)38-15-12-33(53)29-40(38)58-49(52)67)47(65)57-35-13-10-32(11-14-35)45(63)56-22-24-69-26-28-70-27-25-68-23-21-55-39-9-5-8-36-37(39)31-61(48(36)66)41-16-17-42(62)59-46(41)64/h5-9,12,15,29-30,32,35,41,43-44,55,60H,2-4,10-11,13-14,16-28,31H2,1H3,(H,56,63)(H,57,65)(H,58,67)(H,59,62,64)/t32-,35-,41?,43-,44-,50?,52-/m1/s1. The molecular weight excluding hydrogens is 921 g/mol. The van der Waals surface area contributed by atoms with Crippen LogP contribution in [0.3, 0.4) is 0 Å². The molecule has 2 aromatic carbocycles. The molecule has 0 radical (unpaired) electrons. The number of ether oxygens (including phenoxy) is 3. The van der Waals surface area contributed by atoms with Crippen molar-refractivity contribution in [1.82, 2.24) is 26.2 Å². The summed E-state index contributed by atoms with van der Waals surface area (Å²) in [5.74, 6) is -2.54. The van der Waals surface area contributed by atoms with Crippen molar-refractivity contribution in [3.05, 3.63) is 82.2 Å². The van der Waals surface area contributed by atoms with Crippen molar-refractivity contribution in [3.63, 3.8) is 0 Å². The molecule has 2 aromatic rings. The van der Waals surface area contributed by atoms with Crippen LogP contribution in [-0.4, -0.2) is 117 Å². The van der Waals surface area contributed by atoms with Crippen molar-refractivity contribution in [1.29, 1.82) is 0 Å². The number of nitrogens with zero attached hydrogens (tertiary/aromatic N) is 1. The number of benzene rings is 2. The zero-order chi connectivity index (χ0) is 49.0. The number of carbonyl (C=O) groups excluding carboxylic acids is 6. The van der Waals surface area contributed by atoms with E-state index in [1.54, 1.807) is 36.4 Å². The van der Waals surface area contributed by atoms with Crippen molar-refractivity contribution in [2.75, 3.05) is 63.4 Å². The molecule has 376 valence electrons. The minimum atomic E-state index is -1.14. The zero-order valence-corrected chi connectivity index (χ0v) is 40.6. The molecule has 5 atom stereocenters. The van der Waals surface area contributed by atoms with Crippen molar-refractivity contribution in [2.45, 2.75) is 120 Å². The third-order valence-corrected chi connectivity index (χ3v) is 16.1. The first-order valence-corrected chi connectivity index (χ1v) is 25.5. The Morgan fingerprint density at radius 1 is 0.871 bits per heavy atom. The topological polar surface area (TPSA) is 206 Å². The minimum absolute atomic E-state index is 0.0348. The number of piperidine rings is 1. The van der Waals surface area contributed by atoms with Gasteiger partial charge in [0.2, 0.25) is 29.5 Å². The lowest BCUT2D eigenvalue weighted by Gasteiger charge is -2.50. The lowest BCUT2D eigenvalue weighted by Crippen LogP contribution is -2.62. The van der Waals surface area contributed by atoms with Gasteiger partial charge in [0, 0.05) is 77.0 Å². The molecule has 4 fully saturated rings. The van der Waals surface area contributed by atoms with Crippen molar-refractivity contribution in [2.24, 2.45) is 17.3 Å². The first-order chi connectivity index (χ1) is 33.8. The minimum Gasteiger partial charge on any atom is -0.382 e. The van der Waals surface area contributed by atoms with Gasteiger partial charge in [0.25, 0.3) is 5.91 Å². The lowest BCUT2D eigenvalue weighted by atomic mass is 9.50. The molecule has 18 heteroatoms. The maximum Gasteiger partial charge on any atom is 0.255 e. The van der Waals surface area contributed by atoms with Crippen LogP contribution in [0.4, 0.5) is 15.8 Å². The molecule has 16 nitrogen and oxygen atoms in total. The lowest BCUT2D eigenvalue weighted by molar-refractivity contribution is -0.137. The molecule has 7 aliphatic rings. The molecule has 2 saturated heterocycles. The first-order valence-electron chi connectivity index (χ1n) is 25.1. The van der Waals surface area contributed by atoms with E-state index in [0.717, 1.165) is 36.1 Å². The Hall–Kier alpha value is -5.20. The second kappa shape index (κ2) is 21.3. The molecule has 6 N–H and O–H groups in total. The fraction of sp³-hybridized carbons (Fsp3) is 0.577. The summed E-state index contributed by atoms with van der Waals surface area (Å²) in [4.78, 5) is 81.3. The third-order valence-electron chi connectivity index (χ3n) is 15.9. The van der Waals surface area contributed by atoms with Crippen LogP contribution in [0, 0.1) is 17.3 Å². The van der Waals surface area contributed by atoms with Gasteiger partial charge in [0.1, 0.15) is 17.3 Å². The fourth-order valence-corrected chi connectivity index (χ4v) is 12.9. The van der Waals surface area contributed by atoms with Gasteiger partial charge in [0.05, 0.1) is 45.7 Å². The second-order valence-corrected chi connectivity index (χ2v) is 20.6. The molecule has 4 heterocycles. The maximum atomic E-state index is 15.3. The van der Waals surface area contributed by atoms with Crippen LogP contribution >= 0.6 is 11.6 Å². The van der Waals surface area contributed by atoms with E-state index >= 15 is 4.39 Å². The molecule has 4 aliphatic heterocycles. The smallest absolute Gasteiger partial charge is 0.255 e. The monoisotopic (exact) mass is 985 g/mol. The summed E-state index contributed by atoms with van der Waals surface area (Å²) < 4.78 is 32.3. The average molecular weight is 987 g/mol. The molecule has 2 spiro atoms. The number of hydrogen-bond acceptors (Lipinski definition) is 11. The summed E-state index contributed by atoms with van der Waals surface area (Å²) in [7, 11) is 0. The Balaban J connectivity index is 0.673. The van der Waals surface area contributed by atoms with Crippen LogP contribution in [-0.2, 0) is 50.1 Å². The largest absolute Gasteiger partial charge is 0.382 e. The number of fused-ring (bicyclic) bond motifs is 4. The van der Waals surface area contributed by atoms with Gasteiger partial charge in [-0.15, -0.1) is 0 Å². The molecule has 3 aliphatic carbocycles. The molecule has 2 unspecified atom stereocenters. The van der Waals surface area contributed by atoms with Gasteiger partial charge in [0.15, 0.2) is 0 Å². The van der Waals surface area contributed by atoms with Crippen LogP contribution in [0.15, 0.2) is 60.5 Å². The first kappa shape index (κ1) is 49.8. The Morgan fingerprint density at radius 3 is 2.33 bits per heavy atom. The summed E-state index contributed by atoms with van der Waals surface area (Å²) in [6.45, 7) is 5.39. The molecule has 0 aromatic heterocycles. The van der Waals surface area contributed by atoms with Crippen LogP contribution in [0.25, 0.3) is 0 Å². The number of carbonyl (C=O) groups is 6. The van der Waals surface area contributed by atoms with E-state index in [4.69, 9.17) is 25.8 Å². The number of imide groups is 1. The van der Waals surface area contributed by atoms with E-state index in [1.807, 2.05) is 19.1 Å². The highest BCUT2D eigenvalue weighted by molar-refractivity contribution is 6.31. The highest BCUT2D eigenvalue weighted by atomic mass is 35.5. The Kier molecular flexibility index (Phi) is 15.1. The third kappa shape index (κ3) is 9.76. The fourth-order valence-electron chi connectivity index (χ4n) is 12.7. The van der Waals surface area contributed by atoms with Crippen molar-refractivity contribution >= 4 is 58.4 Å². The van der Waals surface area contributed by atoms with Crippen LogP contribution in [0.1, 0.15) is 105 Å². The van der Waals surface area contributed by atoms with Gasteiger partial charge < -0.3 is 40.4 Å². The predicted octanol–water partition coefficient (Wildman–Crippen LogP) is 5.35. The highest BCUT2D eigenvalue weighted by Crippen LogP contribution is 2.64. The Bertz CT molecular complexity index is 2420. The van der Waals surface area contributed by atoms with E-state index in [-0.39, 0.29) is 53.7 Å². The number of rotatable bonds is 18.